The van der Waals surface area contributed by atoms with Gasteiger partial charge in [0.15, 0.2) is 9.84 Å². The Morgan fingerprint density at radius 2 is 1.67 bits per heavy atom. The molecule has 2 heterocycles. The predicted molar refractivity (Wildman–Crippen MR) is 81.0 cm³/mol. The Morgan fingerprint density at radius 3 is 2.24 bits per heavy atom. The second kappa shape index (κ2) is 6.12. The fraction of sp³-hybridized carbons (Fsp3) is 0.929. The van der Waals surface area contributed by atoms with E-state index in [-0.39, 0.29) is 23.6 Å². The number of sulfone groups is 1. The molecule has 0 aromatic rings. The van der Waals surface area contributed by atoms with Gasteiger partial charge in [0.1, 0.15) is 0 Å². The van der Waals surface area contributed by atoms with E-state index in [9.17, 15) is 13.2 Å². The van der Waals surface area contributed by atoms with Gasteiger partial charge in [-0.3, -0.25) is 4.90 Å². The van der Waals surface area contributed by atoms with Crippen LogP contribution in [0.25, 0.3) is 0 Å². The lowest BCUT2D eigenvalue weighted by Gasteiger charge is -2.38. The topological polar surface area (TPSA) is 69.7 Å². The van der Waals surface area contributed by atoms with Crippen molar-refractivity contribution in [3.05, 3.63) is 0 Å². The van der Waals surface area contributed by atoms with E-state index < -0.39 is 9.84 Å². The van der Waals surface area contributed by atoms with Crippen LogP contribution in [0, 0.1) is 0 Å². The first-order chi connectivity index (χ1) is 10.0. The van der Waals surface area contributed by atoms with Crippen molar-refractivity contribution >= 4 is 15.9 Å². The first-order valence-corrected chi connectivity index (χ1v) is 9.85. The van der Waals surface area contributed by atoms with Crippen LogP contribution in [0.4, 0.5) is 4.79 Å². The van der Waals surface area contributed by atoms with Crippen LogP contribution in [0.3, 0.4) is 0 Å². The Bertz CT molecular complexity index is 480. The number of carbonyl (C=O) groups excluding carboxylic acids is 1. The monoisotopic (exact) mass is 315 g/mol. The maximum atomic E-state index is 12.2. The lowest BCUT2D eigenvalue weighted by molar-refractivity contribution is 0.109. The third-order valence-electron chi connectivity index (χ3n) is 5.00. The van der Waals surface area contributed by atoms with Gasteiger partial charge < -0.3 is 10.2 Å². The summed E-state index contributed by atoms with van der Waals surface area (Å²) in [4.78, 5) is 16.5. The molecule has 1 aliphatic carbocycles. The van der Waals surface area contributed by atoms with Crippen molar-refractivity contribution in [2.24, 2.45) is 0 Å². The van der Waals surface area contributed by atoms with Gasteiger partial charge in [-0.25, -0.2) is 13.2 Å². The number of hydrogen-bond acceptors (Lipinski definition) is 4. The molecule has 0 bridgehead atoms. The number of nitrogens with zero attached hydrogens (tertiary/aromatic N) is 2. The van der Waals surface area contributed by atoms with Gasteiger partial charge in [-0.05, 0) is 19.3 Å². The van der Waals surface area contributed by atoms with Crippen molar-refractivity contribution in [2.45, 2.75) is 44.2 Å². The Kier molecular flexibility index (Phi) is 4.40. The second-order valence-corrected chi connectivity index (χ2v) is 8.74. The molecule has 21 heavy (non-hydrogen) atoms. The molecule has 0 spiro atoms. The first kappa shape index (κ1) is 15.1. The largest absolute Gasteiger partial charge is 0.334 e. The quantitative estimate of drug-likeness (QED) is 0.803. The molecule has 1 unspecified atom stereocenters. The summed E-state index contributed by atoms with van der Waals surface area (Å²) in [7, 11) is -2.93. The van der Waals surface area contributed by atoms with Gasteiger partial charge in [-0.2, -0.15) is 0 Å². The highest BCUT2D eigenvalue weighted by molar-refractivity contribution is 7.91. The van der Waals surface area contributed by atoms with Crippen LogP contribution in [-0.4, -0.2) is 74.0 Å². The van der Waals surface area contributed by atoms with Gasteiger partial charge in [0.25, 0.3) is 0 Å². The van der Waals surface area contributed by atoms with Crippen LogP contribution >= 0.6 is 0 Å². The standard InChI is InChI=1S/C14H25N3O3S/c18-14(15-12-5-10-21(19,20)11-12)17-8-6-16(7-9-17)13-3-1-2-4-13/h12-13H,1-11H2,(H,15,18). The van der Waals surface area contributed by atoms with E-state index in [0.717, 1.165) is 32.2 Å². The number of carbonyl (C=O) groups is 1. The number of hydrogen-bond donors (Lipinski definition) is 1. The summed E-state index contributed by atoms with van der Waals surface area (Å²) >= 11 is 0. The van der Waals surface area contributed by atoms with Crippen LogP contribution in [-0.2, 0) is 9.84 Å². The molecule has 1 N–H and O–H groups in total. The lowest BCUT2D eigenvalue weighted by Crippen LogP contribution is -2.55. The Balaban J connectivity index is 1.44. The van der Waals surface area contributed by atoms with Gasteiger partial charge in [-0.15, -0.1) is 0 Å². The summed E-state index contributed by atoms with van der Waals surface area (Å²) in [5.74, 6) is 0.300. The highest BCUT2D eigenvalue weighted by Crippen LogP contribution is 2.24. The minimum Gasteiger partial charge on any atom is -0.334 e. The normalized spacial score (nSPS) is 30.7. The summed E-state index contributed by atoms with van der Waals surface area (Å²) in [6.45, 7) is 3.39. The van der Waals surface area contributed by atoms with Crippen molar-refractivity contribution in [1.29, 1.82) is 0 Å². The van der Waals surface area contributed by atoms with Crippen molar-refractivity contribution in [3.8, 4) is 0 Å². The molecule has 1 atom stereocenters. The van der Waals surface area contributed by atoms with Gasteiger partial charge in [-0.1, -0.05) is 12.8 Å². The van der Waals surface area contributed by atoms with E-state index in [0.29, 0.717) is 6.42 Å². The average molecular weight is 315 g/mol. The lowest BCUT2D eigenvalue weighted by atomic mass is 10.2. The van der Waals surface area contributed by atoms with Crippen LogP contribution in [0.1, 0.15) is 32.1 Å². The van der Waals surface area contributed by atoms with Gasteiger partial charge in [0.2, 0.25) is 0 Å². The SMILES string of the molecule is O=C(NC1CCS(=O)(=O)C1)N1CCN(C2CCCC2)CC1. The Hall–Kier alpha value is -0.820. The molecule has 2 amide bonds. The molecule has 3 rings (SSSR count). The van der Waals surface area contributed by atoms with Crippen LogP contribution < -0.4 is 5.32 Å². The summed E-state index contributed by atoms with van der Waals surface area (Å²) in [6, 6.07) is 0.425. The average Bonchev–Trinajstić information content (AvgIpc) is 3.09. The molecule has 2 aliphatic heterocycles. The molecule has 3 fully saturated rings. The van der Waals surface area contributed by atoms with Crippen LogP contribution in [0.5, 0.6) is 0 Å². The van der Waals surface area contributed by atoms with Crippen molar-refractivity contribution in [3.63, 3.8) is 0 Å². The van der Waals surface area contributed by atoms with Gasteiger partial charge in [0, 0.05) is 38.3 Å². The molecular formula is C14H25N3O3S. The third-order valence-corrected chi connectivity index (χ3v) is 6.77. The second-order valence-electron chi connectivity index (χ2n) is 6.51. The maximum absolute atomic E-state index is 12.2. The minimum atomic E-state index is -2.93. The van der Waals surface area contributed by atoms with Crippen LogP contribution in [0.2, 0.25) is 0 Å². The molecule has 0 aromatic carbocycles. The minimum absolute atomic E-state index is 0.0943. The molecule has 6 nitrogen and oxygen atoms in total. The molecular weight excluding hydrogens is 290 g/mol. The van der Waals surface area contributed by atoms with E-state index in [4.69, 9.17) is 0 Å². The molecule has 2 saturated heterocycles. The third kappa shape index (κ3) is 3.69. The zero-order valence-corrected chi connectivity index (χ0v) is 13.3. The first-order valence-electron chi connectivity index (χ1n) is 8.03. The molecule has 0 aromatic heterocycles. The Morgan fingerprint density at radius 1 is 1.00 bits per heavy atom. The maximum Gasteiger partial charge on any atom is 0.317 e. The van der Waals surface area contributed by atoms with E-state index >= 15 is 0 Å². The summed E-state index contributed by atoms with van der Waals surface area (Å²) in [5.41, 5.74) is 0. The van der Waals surface area contributed by atoms with Gasteiger partial charge in [0.05, 0.1) is 11.5 Å². The van der Waals surface area contributed by atoms with E-state index in [1.54, 1.807) is 0 Å². The predicted octanol–water partition coefficient (Wildman–Crippen LogP) is 0.443. The summed E-state index contributed by atoms with van der Waals surface area (Å²) < 4.78 is 22.8. The number of rotatable bonds is 2. The van der Waals surface area contributed by atoms with Crippen molar-refractivity contribution in [2.75, 3.05) is 37.7 Å². The summed E-state index contributed by atoms with van der Waals surface area (Å²) in [5, 5.41) is 2.88. The van der Waals surface area contributed by atoms with Crippen molar-refractivity contribution in [1.82, 2.24) is 15.1 Å². The number of piperazine rings is 1. The molecule has 120 valence electrons. The molecule has 3 aliphatic rings. The molecule has 0 radical (unpaired) electrons. The highest BCUT2D eigenvalue weighted by atomic mass is 32.2. The van der Waals surface area contributed by atoms with E-state index in [1.807, 2.05) is 4.90 Å². The van der Waals surface area contributed by atoms with E-state index in [2.05, 4.69) is 10.2 Å². The summed E-state index contributed by atoms with van der Waals surface area (Å²) in [6.07, 6.45) is 5.82. The highest BCUT2D eigenvalue weighted by Gasteiger charge is 2.32. The Labute approximate surface area is 126 Å². The number of nitrogens with one attached hydrogen (secondary N) is 1. The van der Waals surface area contributed by atoms with Gasteiger partial charge >= 0.3 is 6.03 Å². The fourth-order valence-corrected chi connectivity index (χ4v) is 5.41. The number of amides is 2. The smallest absolute Gasteiger partial charge is 0.317 e. The fourth-order valence-electron chi connectivity index (χ4n) is 3.73. The zero-order chi connectivity index (χ0) is 14.9. The van der Waals surface area contributed by atoms with Crippen LogP contribution in [0.15, 0.2) is 0 Å². The molecule has 7 heteroatoms. The van der Waals surface area contributed by atoms with E-state index in [1.165, 1.54) is 25.7 Å². The van der Waals surface area contributed by atoms with Crippen molar-refractivity contribution < 1.29 is 13.2 Å². The number of urea groups is 1. The zero-order valence-electron chi connectivity index (χ0n) is 12.5. The molecule has 1 saturated carbocycles.